The van der Waals surface area contributed by atoms with Gasteiger partial charge >= 0.3 is 0 Å². The number of hydrogen-bond donors (Lipinski definition) is 0. The van der Waals surface area contributed by atoms with Gasteiger partial charge in [-0.1, -0.05) is 31.9 Å². The fraction of sp³-hybridized carbons (Fsp3) is 0.688. The van der Waals surface area contributed by atoms with Crippen molar-refractivity contribution in [3.05, 3.63) is 25.3 Å². The highest BCUT2D eigenvalue weighted by Gasteiger charge is 2.29. The van der Waals surface area contributed by atoms with Gasteiger partial charge in [-0.05, 0) is 18.8 Å². The van der Waals surface area contributed by atoms with Crippen LogP contribution in [0.5, 0.6) is 0 Å². The van der Waals surface area contributed by atoms with E-state index in [1.807, 2.05) is 12.2 Å². The van der Waals surface area contributed by atoms with Crippen molar-refractivity contribution in [1.29, 1.82) is 0 Å². The Hall–Kier alpha value is -0.890. The average Bonchev–Trinajstić information content (AvgIpc) is 2.34. The van der Waals surface area contributed by atoms with Crippen LogP contribution in [-0.4, -0.2) is 30.3 Å². The standard InChI is InChI=1S/C16H27NO/c1-4-7-14-8-9-16(18)15(12-14)13-17(10-5-2)11-6-3/h5-6,14-15H,2-4,7-13H2,1H3. The first-order valence-electron chi connectivity index (χ1n) is 7.18. The van der Waals surface area contributed by atoms with E-state index >= 15 is 0 Å². The monoisotopic (exact) mass is 249 g/mol. The van der Waals surface area contributed by atoms with E-state index in [1.165, 1.54) is 12.8 Å². The van der Waals surface area contributed by atoms with E-state index in [0.717, 1.165) is 44.8 Å². The van der Waals surface area contributed by atoms with E-state index < -0.39 is 0 Å². The summed E-state index contributed by atoms with van der Waals surface area (Å²) in [6, 6.07) is 0. The lowest BCUT2D eigenvalue weighted by molar-refractivity contribution is -0.126. The first kappa shape index (κ1) is 15.2. The Morgan fingerprint density at radius 1 is 1.33 bits per heavy atom. The third kappa shape index (κ3) is 4.77. The minimum atomic E-state index is 0.232. The zero-order chi connectivity index (χ0) is 13.4. The molecule has 1 rings (SSSR count). The molecule has 1 fully saturated rings. The van der Waals surface area contributed by atoms with Crippen LogP contribution < -0.4 is 0 Å². The van der Waals surface area contributed by atoms with Crippen LogP contribution in [0, 0.1) is 11.8 Å². The third-order valence-electron chi connectivity index (χ3n) is 3.82. The third-order valence-corrected chi connectivity index (χ3v) is 3.82. The normalized spacial score (nSPS) is 24.2. The van der Waals surface area contributed by atoms with Crippen LogP contribution in [0.1, 0.15) is 39.0 Å². The van der Waals surface area contributed by atoms with Crippen LogP contribution in [-0.2, 0) is 4.79 Å². The minimum Gasteiger partial charge on any atom is -0.299 e. The van der Waals surface area contributed by atoms with Crippen molar-refractivity contribution in [3.8, 4) is 0 Å². The number of carbonyl (C=O) groups excluding carboxylic acids is 1. The summed E-state index contributed by atoms with van der Waals surface area (Å²) >= 11 is 0. The largest absolute Gasteiger partial charge is 0.299 e. The van der Waals surface area contributed by atoms with Gasteiger partial charge in [0.15, 0.2) is 0 Å². The highest BCUT2D eigenvalue weighted by molar-refractivity contribution is 5.81. The Balaban J connectivity index is 2.52. The van der Waals surface area contributed by atoms with Crippen LogP contribution in [0.3, 0.4) is 0 Å². The lowest BCUT2D eigenvalue weighted by Crippen LogP contribution is -2.37. The van der Waals surface area contributed by atoms with Gasteiger partial charge in [-0.25, -0.2) is 0 Å². The Kier molecular flexibility index (Phi) is 6.96. The number of carbonyl (C=O) groups is 1. The smallest absolute Gasteiger partial charge is 0.137 e. The second kappa shape index (κ2) is 8.25. The van der Waals surface area contributed by atoms with Gasteiger partial charge in [-0.3, -0.25) is 9.69 Å². The van der Waals surface area contributed by atoms with Crippen molar-refractivity contribution in [2.45, 2.75) is 39.0 Å². The van der Waals surface area contributed by atoms with Gasteiger partial charge in [0.05, 0.1) is 0 Å². The number of ketones is 1. The summed E-state index contributed by atoms with van der Waals surface area (Å²) in [4.78, 5) is 14.3. The van der Waals surface area contributed by atoms with Crippen LogP contribution >= 0.6 is 0 Å². The summed E-state index contributed by atoms with van der Waals surface area (Å²) in [6.07, 6.45) is 9.27. The van der Waals surface area contributed by atoms with E-state index in [-0.39, 0.29) is 5.92 Å². The molecule has 0 aromatic rings. The first-order chi connectivity index (χ1) is 8.71. The second-order valence-corrected chi connectivity index (χ2v) is 5.39. The van der Waals surface area contributed by atoms with Crippen LogP contribution in [0.15, 0.2) is 25.3 Å². The maximum atomic E-state index is 12.0. The highest BCUT2D eigenvalue weighted by Crippen LogP contribution is 2.30. The Labute approximate surface area is 112 Å². The lowest BCUT2D eigenvalue weighted by atomic mass is 9.78. The molecule has 2 unspecified atom stereocenters. The summed E-state index contributed by atoms with van der Waals surface area (Å²) in [6.45, 7) is 12.3. The Morgan fingerprint density at radius 2 is 2.00 bits per heavy atom. The lowest BCUT2D eigenvalue weighted by Gasteiger charge is -2.31. The molecule has 102 valence electrons. The van der Waals surface area contributed by atoms with Crippen molar-refractivity contribution in [1.82, 2.24) is 4.90 Å². The number of Topliss-reactive ketones (excluding diaryl/α,β-unsaturated/α-hetero) is 1. The molecule has 2 heteroatoms. The van der Waals surface area contributed by atoms with Crippen molar-refractivity contribution < 1.29 is 4.79 Å². The number of hydrogen-bond acceptors (Lipinski definition) is 2. The van der Waals surface area contributed by atoms with Crippen LogP contribution in [0.4, 0.5) is 0 Å². The van der Waals surface area contributed by atoms with Crippen molar-refractivity contribution >= 4 is 5.78 Å². The molecular formula is C16H27NO. The van der Waals surface area contributed by atoms with Gasteiger partial charge in [0.25, 0.3) is 0 Å². The molecule has 0 radical (unpaired) electrons. The summed E-state index contributed by atoms with van der Waals surface area (Å²) in [5.74, 6) is 1.45. The molecule has 0 aliphatic heterocycles. The number of rotatable bonds is 8. The molecule has 2 atom stereocenters. The van der Waals surface area contributed by atoms with E-state index in [4.69, 9.17) is 0 Å². The Bertz CT molecular complexity index is 275. The van der Waals surface area contributed by atoms with Gasteiger partial charge in [0.1, 0.15) is 5.78 Å². The SMILES string of the molecule is C=CCN(CC=C)CC1CC(CCC)CCC1=O. The van der Waals surface area contributed by atoms with Gasteiger partial charge in [0, 0.05) is 32.0 Å². The van der Waals surface area contributed by atoms with Gasteiger partial charge in [-0.2, -0.15) is 0 Å². The molecule has 2 nitrogen and oxygen atoms in total. The maximum absolute atomic E-state index is 12.0. The van der Waals surface area contributed by atoms with E-state index in [0.29, 0.717) is 5.78 Å². The number of nitrogens with zero attached hydrogens (tertiary/aromatic N) is 1. The van der Waals surface area contributed by atoms with Crippen LogP contribution in [0.2, 0.25) is 0 Å². The molecule has 1 saturated carbocycles. The van der Waals surface area contributed by atoms with Crippen LogP contribution in [0.25, 0.3) is 0 Å². The summed E-state index contributed by atoms with van der Waals surface area (Å²) < 4.78 is 0. The molecule has 0 bridgehead atoms. The first-order valence-corrected chi connectivity index (χ1v) is 7.18. The molecule has 0 heterocycles. The fourth-order valence-electron chi connectivity index (χ4n) is 2.95. The zero-order valence-corrected chi connectivity index (χ0v) is 11.7. The summed E-state index contributed by atoms with van der Waals surface area (Å²) in [5.41, 5.74) is 0. The van der Waals surface area contributed by atoms with Crippen molar-refractivity contribution in [2.75, 3.05) is 19.6 Å². The van der Waals surface area contributed by atoms with Gasteiger partial charge in [0.2, 0.25) is 0 Å². The molecule has 0 saturated heterocycles. The zero-order valence-electron chi connectivity index (χ0n) is 11.7. The predicted molar refractivity (Wildman–Crippen MR) is 77.6 cm³/mol. The molecule has 1 aliphatic carbocycles. The topological polar surface area (TPSA) is 20.3 Å². The van der Waals surface area contributed by atoms with Crippen molar-refractivity contribution in [2.24, 2.45) is 11.8 Å². The predicted octanol–water partition coefficient (Wildman–Crippen LogP) is 3.45. The molecule has 18 heavy (non-hydrogen) atoms. The highest BCUT2D eigenvalue weighted by atomic mass is 16.1. The summed E-state index contributed by atoms with van der Waals surface area (Å²) in [5, 5.41) is 0. The molecule has 0 aromatic heterocycles. The molecule has 0 N–H and O–H groups in total. The summed E-state index contributed by atoms with van der Waals surface area (Å²) in [7, 11) is 0. The minimum absolute atomic E-state index is 0.232. The van der Waals surface area contributed by atoms with E-state index in [9.17, 15) is 4.79 Å². The second-order valence-electron chi connectivity index (χ2n) is 5.39. The molecule has 1 aliphatic rings. The average molecular weight is 249 g/mol. The molecule has 0 aromatic carbocycles. The maximum Gasteiger partial charge on any atom is 0.137 e. The van der Waals surface area contributed by atoms with E-state index in [2.05, 4.69) is 25.0 Å². The Morgan fingerprint density at radius 3 is 2.56 bits per heavy atom. The van der Waals surface area contributed by atoms with Gasteiger partial charge in [-0.15, -0.1) is 13.2 Å². The van der Waals surface area contributed by atoms with Gasteiger partial charge < -0.3 is 0 Å². The quantitative estimate of drug-likeness (QED) is 0.614. The van der Waals surface area contributed by atoms with Crippen molar-refractivity contribution in [3.63, 3.8) is 0 Å². The van der Waals surface area contributed by atoms with E-state index in [1.54, 1.807) is 0 Å². The fourth-order valence-corrected chi connectivity index (χ4v) is 2.95. The molecule has 0 amide bonds. The molecular weight excluding hydrogens is 222 g/mol. The molecule has 0 spiro atoms.